The number of esters is 1. The van der Waals surface area contributed by atoms with Crippen LogP contribution in [0, 0.1) is 25.2 Å². The summed E-state index contributed by atoms with van der Waals surface area (Å²) < 4.78 is 7.19. The average Bonchev–Trinajstić information content (AvgIpc) is 3.27. The van der Waals surface area contributed by atoms with Crippen LogP contribution in [0.4, 0.5) is 5.00 Å². The van der Waals surface area contributed by atoms with E-state index < -0.39 is 24.4 Å². The molecule has 0 aromatic carbocycles. The highest BCUT2D eigenvalue weighted by molar-refractivity contribution is 7.17. The Morgan fingerprint density at radius 3 is 2.70 bits per heavy atom. The summed E-state index contributed by atoms with van der Waals surface area (Å²) in [5, 5.41) is 12.5. The molecular weight excluding hydrogens is 440 g/mol. The molecule has 2 heterocycles. The first-order valence-electron chi connectivity index (χ1n) is 11.0. The van der Waals surface area contributed by atoms with Crippen molar-refractivity contribution in [2.24, 2.45) is 5.73 Å². The third-order valence-corrected chi connectivity index (χ3v) is 6.91. The number of carbonyl (C=O) groups excluding carboxylic acids is 3. The molecule has 2 amide bonds. The second-order valence-electron chi connectivity index (χ2n) is 8.05. The maximum absolute atomic E-state index is 12.4. The van der Waals surface area contributed by atoms with Gasteiger partial charge in [0.2, 0.25) is 0 Å². The van der Waals surface area contributed by atoms with Crippen LogP contribution < -0.4 is 11.1 Å². The minimum absolute atomic E-state index is 0.191. The van der Waals surface area contributed by atoms with Gasteiger partial charge in [-0.2, -0.15) is 5.26 Å². The molecule has 3 rings (SSSR count). The van der Waals surface area contributed by atoms with Crippen molar-refractivity contribution in [2.45, 2.75) is 59.4 Å². The third-order valence-electron chi connectivity index (χ3n) is 5.71. The van der Waals surface area contributed by atoms with Crippen LogP contribution in [0.5, 0.6) is 0 Å². The predicted molar refractivity (Wildman–Crippen MR) is 127 cm³/mol. The van der Waals surface area contributed by atoms with E-state index >= 15 is 0 Å². The van der Waals surface area contributed by atoms with Gasteiger partial charge in [-0.1, -0.05) is 6.92 Å². The SMILES string of the molecule is CCCn1c(C)cc(/C=C(\C#N)C(=O)OCC(=O)Nc2sc3c(c2C(N)=O)CCCC3)c1C. The van der Waals surface area contributed by atoms with Crippen molar-refractivity contribution in [1.29, 1.82) is 5.26 Å². The Balaban J connectivity index is 1.68. The molecule has 1 aliphatic rings. The zero-order chi connectivity index (χ0) is 24.1. The number of anilines is 1. The molecule has 3 N–H and O–H groups in total. The van der Waals surface area contributed by atoms with Gasteiger partial charge in [0.15, 0.2) is 6.61 Å². The van der Waals surface area contributed by atoms with Gasteiger partial charge in [0.25, 0.3) is 11.8 Å². The Bertz CT molecular complexity index is 1170. The first-order chi connectivity index (χ1) is 15.8. The molecule has 0 saturated heterocycles. The van der Waals surface area contributed by atoms with Crippen molar-refractivity contribution < 1.29 is 19.1 Å². The van der Waals surface area contributed by atoms with Gasteiger partial charge in [-0.15, -0.1) is 11.3 Å². The van der Waals surface area contributed by atoms with E-state index in [2.05, 4.69) is 16.8 Å². The van der Waals surface area contributed by atoms with Crippen LogP contribution in [0.2, 0.25) is 0 Å². The van der Waals surface area contributed by atoms with Crippen molar-refractivity contribution >= 4 is 40.2 Å². The van der Waals surface area contributed by atoms with Crippen molar-refractivity contribution in [3.63, 3.8) is 0 Å². The number of hydrogen-bond acceptors (Lipinski definition) is 6. The molecule has 0 fully saturated rings. The molecule has 2 aromatic heterocycles. The number of nitrogens with two attached hydrogens (primary N) is 1. The van der Waals surface area contributed by atoms with E-state index in [4.69, 9.17) is 10.5 Å². The van der Waals surface area contributed by atoms with Crippen LogP contribution >= 0.6 is 11.3 Å². The van der Waals surface area contributed by atoms with Crippen LogP contribution in [0.1, 0.15) is 63.9 Å². The van der Waals surface area contributed by atoms with Gasteiger partial charge in [-0.25, -0.2) is 4.79 Å². The van der Waals surface area contributed by atoms with E-state index in [-0.39, 0.29) is 5.57 Å². The third kappa shape index (κ3) is 5.34. The van der Waals surface area contributed by atoms with Crippen molar-refractivity contribution in [2.75, 3.05) is 11.9 Å². The highest BCUT2D eigenvalue weighted by Gasteiger charge is 2.25. The first-order valence-corrected chi connectivity index (χ1v) is 11.8. The molecular formula is C24H28N4O4S. The number of fused-ring (bicyclic) bond motifs is 1. The molecule has 0 aliphatic heterocycles. The summed E-state index contributed by atoms with van der Waals surface area (Å²) in [7, 11) is 0. The summed E-state index contributed by atoms with van der Waals surface area (Å²) in [6.45, 7) is 6.25. The number of aromatic nitrogens is 1. The summed E-state index contributed by atoms with van der Waals surface area (Å²) in [5.74, 6) is -2.06. The van der Waals surface area contributed by atoms with E-state index in [0.29, 0.717) is 10.6 Å². The number of thiophene rings is 1. The summed E-state index contributed by atoms with van der Waals surface area (Å²) in [6, 6.07) is 3.76. The lowest BCUT2D eigenvalue weighted by Gasteiger charge is -2.11. The Morgan fingerprint density at radius 2 is 2.03 bits per heavy atom. The summed E-state index contributed by atoms with van der Waals surface area (Å²) in [6.07, 6.45) is 6.05. The number of aryl methyl sites for hydroxylation is 2. The van der Waals surface area contributed by atoms with Gasteiger partial charge in [-0.05, 0) is 69.2 Å². The maximum atomic E-state index is 12.4. The zero-order valence-electron chi connectivity index (χ0n) is 19.1. The van der Waals surface area contributed by atoms with Gasteiger partial charge in [-0.3, -0.25) is 9.59 Å². The highest BCUT2D eigenvalue weighted by atomic mass is 32.1. The van der Waals surface area contributed by atoms with E-state index in [1.165, 1.54) is 17.4 Å². The standard InChI is InChI=1S/C24H28N4O4S/c1-4-9-28-14(2)10-16(15(28)3)11-17(12-25)24(31)32-13-20(29)27-23-21(22(26)30)18-7-5-6-8-19(18)33-23/h10-11H,4-9,13H2,1-3H3,(H2,26,30)(H,27,29)/b17-11+. The number of nitriles is 1. The second kappa shape index (κ2) is 10.5. The second-order valence-corrected chi connectivity index (χ2v) is 9.16. The molecule has 0 spiro atoms. The Hall–Kier alpha value is -3.38. The predicted octanol–water partition coefficient (Wildman–Crippen LogP) is 3.64. The topological polar surface area (TPSA) is 127 Å². The Morgan fingerprint density at radius 1 is 1.30 bits per heavy atom. The lowest BCUT2D eigenvalue weighted by atomic mass is 9.95. The summed E-state index contributed by atoms with van der Waals surface area (Å²) >= 11 is 1.34. The number of rotatable bonds is 8. The fourth-order valence-electron chi connectivity index (χ4n) is 4.12. The van der Waals surface area contributed by atoms with E-state index in [1.807, 2.05) is 26.0 Å². The molecule has 0 radical (unpaired) electrons. The number of nitrogens with one attached hydrogen (secondary N) is 1. The molecule has 9 heteroatoms. The maximum Gasteiger partial charge on any atom is 0.349 e. The fourth-order valence-corrected chi connectivity index (χ4v) is 5.43. The summed E-state index contributed by atoms with van der Waals surface area (Å²) in [4.78, 5) is 37.8. The van der Waals surface area contributed by atoms with Gasteiger partial charge < -0.3 is 20.4 Å². The Labute approximate surface area is 197 Å². The van der Waals surface area contributed by atoms with E-state index in [9.17, 15) is 19.6 Å². The normalized spacial score (nSPS) is 13.2. The van der Waals surface area contributed by atoms with Crippen LogP contribution in [0.3, 0.4) is 0 Å². The van der Waals surface area contributed by atoms with E-state index in [1.54, 1.807) is 0 Å². The molecule has 0 bridgehead atoms. The minimum atomic E-state index is -0.881. The van der Waals surface area contributed by atoms with Gasteiger partial charge >= 0.3 is 5.97 Å². The van der Waals surface area contributed by atoms with Crippen molar-refractivity contribution in [3.8, 4) is 6.07 Å². The average molecular weight is 469 g/mol. The minimum Gasteiger partial charge on any atom is -0.451 e. The quantitative estimate of drug-likeness (QED) is 0.347. The molecule has 33 heavy (non-hydrogen) atoms. The van der Waals surface area contributed by atoms with Crippen LogP contribution in [-0.4, -0.2) is 29.0 Å². The number of amides is 2. The van der Waals surface area contributed by atoms with Crippen molar-refractivity contribution in [3.05, 3.63) is 44.6 Å². The monoisotopic (exact) mass is 468 g/mol. The zero-order valence-corrected chi connectivity index (χ0v) is 19.9. The van der Waals surface area contributed by atoms with Gasteiger partial charge in [0.1, 0.15) is 16.6 Å². The summed E-state index contributed by atoms with van der Waals surface area (Å²) in [5.41, 5.74) is 9.34. The Kier molecular flexibility index (Phi) is 7.71. The molecule has 0 unspecified atom stereocenters. The van der Waals surface area contributed by atoms with Crippen molar-refractivity contribution in [1.82, 2.24) is 4.57 Å². The van der Waals surface area contributed by atoms with Gasteiger partial charge in [0, 0.05) is 22.8 Å². The lowest BCUT2D eigenvalue weighted by molar-refractivity contribution is -0.142. The molecule has 174 valence electrons. The largest absolute Gasteiger partial charge is 0.451 e. The molecule has 8 nitrogen and oxygen atoms in total. The molecule has 0 saturated carbocycles. The first kappa shape index (κ1) is 24.3. The molecule has 0 atom stereocenters. The van der Waals surface area contributed by atoms with Gasteiger partial charge in [0.05, 0.1) is 5.56 Å². The lowest BCUT2D eigenvalue weighted by Crippen LogP contribution is -2.23. The fraction of sp³-hybridized carbons (Fsp3) is 0.417. The number of primary amides is 1. The number of ether oxygens (including phenoxy) is 1. The highest BCUT2D eigenvalue weighted by Crippen LogP contribution is 2.37. The van der Waals surface area contributed by atoms with Crippen LogP contribution in [-0.2, 0) is 33.7 Å². The number of hydrogen-bond donors (Lipinski definition) is 2. The van der Waals surface area contributed by atoms with E-state index in [0.717, 1.165) is 66.0 Å². The van der Waals surface area contributed by atoms with Crippen LogP contribution in [0.15, 0.2) is 11.6 Å². The number of carbonyl (C=O) groups is 3. The smallest absolute Gasteiger partial charge is 0.349 e. The molecule has 2 aromatic rings. The molecule has 1 aliphatic carbocycles. The number of nitrogens with zero attached hydrogens (tertiary/aromatic N) is 2. The van der Waals surface area contributed by atoms with Crippen LogP contribution in [0.25, 0.3) is 6.08 Å².